The minimum Gasteiger partial charge on any atom is -0.370 e. The number of carbonyl (C=O) groups is 1. The first kappa shape index (κ1) is 11.3. The van der Waals surface area contributed by atoms with Crippen LogP contribution in [0, 0.1) is 0 Å². The molecule has 1 aliphatic heterocycles. The molecule has 0 amide bonds. The summed E-state index contributed by atoms with van der Waals surface area (Å²) in [7, 11) is 0. The summed E-state index contributed by atoms with van der Waals surface area (Å²) >= 11 is 6.44. The largest absolute Gasteiger partial charge is 0.370 e. The second-order valence-corrected chi connectivity index (χ2v) is 2.47. The quantitative estimate of drug-likeness (QED) is 0.492. The van der Waals surface area contributed by atoms with E-state index in [0.29, 0.717) is 0 Å². The van der Waals surface area contributed by atoms with E-state index < -0.39 is 0 Å². The molecule has 0 spiro atoms. The van der Waals surface area contributed by atoms with Crippen LogP contribution in [0.1, 0.15) is 26.2 Å². The van der Waals surface area contributed by atoms with E-state index in [0.717, 1.165) is 25.9 Å². The summed E-state index contributed by atoms with van der Waals surface area (Å²) in [5, 5.41) is 0. The van der Waals surface area contributed by atoms with E-state index >= 15 is 0 Å². The van der Waals surface area contributed by atoms with Crippen molar-refractivity contribution in [1.82, 2.24) is 0 Å². The summed E-state index contributed by atoms with van der Waals surface area (Å²) < 4.78 is 5.19. The Labute approximate surface area is 77.9 Å². The summed E-state index contributed by atoms with van der Waals surface area (Å²) in [6.07, 6.45) is 3.10. The number of Topliss-reactive ketones (excluding diaryl/α,β-unsaturated/α-hetero) is 1. The van der Waals surface area contributed by atoms with Crippen LogP contribution < -0.4 is 0 Å². The molecule has 1 saturated heterocycles. The second-order valence-electron chi connectivity index (χ2n) is 2.47. The monoisotopic (exact) mass is 194 g/mol. The third kappa shape index (κ3) is 4.71. The average molecular weight is 194 g/mol. The van der Waals surface area contributed by atoms with Gasteiger partial charge in [-0.15, -0.1) is 23.3 Å². The highest BCUT2D eigenvalue weighted by Crippen LogP contribution is 2.12. The van der Waals surface area contributed by atoms with Crippen LogP contribution in [0.5, 0.6) is 0 Å². The second kappa shape index (κ2) is 7.00. The van der Waals surface area contributed by atoms with E-state index in [1.165, 1.54) is 0 Å². The lowest BCUT2D eigenvalue weighted by atomic mass is 10.1. The van der Waals surface area contributed by atoms with Crippen LogP contribution in [-0.2, 0) is 9.53 Å². The molecule has 0 saturated carbocycles. The van der Waals surface area contributed by atoms with Gasteiger partial charge in [0.1, 0.15) is 6.10 Å². The zero-order valence-corrected chi connectivity index (χ0v) is 8.41. The molecule has 0 aromatic carbocycles. The lowest BCUT2D eigenvalue weighted by Crippen LogP contribution is -2.25. The molecule has 1 atom stereocenters. The highest BCUT2D eigenvalue weighted by molar-refractivity contribution is 8.59. The molecule has 4 heteroatoms. The van der Waals surface area contributed by atoms with Crippen molar-refractivity contribution in [3.63, 3.8) is 0 Å². The van der Waals surface area contributed by atoms with Crippen molar-refractivity contribution in [3.05, 3.63) is 0 Å². The van der Waals surface area contributed by atoms with Crippen LogP contribution in [-0.4, -0.2) is 18.5 Å². The highest BCUT2D eigenvalue weighted by Gasteiger charge is 2.17. The lowest BCUT2D eigenvalue weighted by molar-refractivity contribution is -0.130. The molecule has 2 nitrogen and oxygen atoms in total. The smallest absolute Gasteiger partial charge is 0.158 e. The van der Waals surface area contributed by atoms with Crippen molar-refractivity contribution in [3.8, 4) is 0 Å². The number of carbonyl (C=O) groups excluding carboxylic acids is 1. The Morgan fingerprint density at radius 1 is 1.45 bits per heavy atom. The normalized spacial score (nSPS) is 23.4. The van der Waals surface area contributed by atoms with Crippen LogP contribution in [0.15, 0.2) is 0 Å². The predicted molar refractivity (Wildman–Crippen MR) is 52.2 cm³/mol. The van der Waals surface area contributed by atoms with Gasteiger partial charge in [0.25, 0.3) is 0 Å². The van der Waals surface area contributed by atoms with Crippen LogP contribution in [0.2, 0.25) is 0 Å². The molecule has 1 heterocycles. The highest BCUT2D eigenvalue weighted by atomic mass is 33.1. The van der Waals surface area contributed by atoms with Crippen molar-refractivity contribution < 1.29 is 9.53 Å². The Morgan fingerprint density at radius 2 is 2.09 bits per heavy atom. The van der Waals surface area contributed by atoms with Gasteiger partial charge >= 0.3 is 0 Å². The summed E-state index contributed by atoms with van der Waals surface area (Å²) in [4.78, 5) is 10.7. The first-order valence-corrected chi connectivity index (χ1v) is 5.23. The fraction of sp³-hybridized carbons (Fsp3) is 0.857. The molecule has 0 N–H and O–H groups in total. The Morgan fingerprint density at radius 3 is 2.36 bits per heavy atom. The predicted octanol–water partition coefficient (Wildman–Crippen LogP) is 1.91. The Hall–Kier alpha value is 0.330. The van der Waals surface area contributed by atoms with E-state index in [2.05, 4.69) is 23.3 Å². The molecule has 0 aliphatic carbocycles. The van der Waals surface area contributed by atoms with Crippen LogP contribution in [0.3, 0.4) is 0 Å². The van der Waals surface area contributed by atoms with Gasteiger partial charge in [-0.1, -0.05) is 0 Å². The number of ether oxygens (including phenoxy) is 1. The molecule has 1 fully saturated rings. The van der Waals surface area contributed by atoms with Gasteiger partial charge in [-0.3, -0.25) is 4.79 Å². The number of ketones is 1. The topological polar surface area (TPSA) is 26.3 Å². The van der Waals surface area contributed by atoms with Gasteiger partial charge in [-0.2, -0.15) is 0 Å². The first-order chi connectivity index (χ1) is 5.30. The van der Waals surface area contributed by atoms with Gasteiger partial charge in [-0.25, -0.2) is 0 Å². The summed E-state index contributed by atoms with van der Waals surface area (Å²) in [5.41, 5.74) is 0. The molecule has 66 valence electrons. The molecule has 1 unspecified atom stereocenters. The summed E-state index contributed by atoms with van der Waals surface area (Å²) in [6, 6.07) is 0. The maximum atomic E-state index is 10.7. The van der Waals surface area contributed by atoms with Crippen molar-refractivity contribution in [2.24, 2.45) is 0 Å². The van der Waals surface area contributed by atoms with Crippen molar-refractivity contribution in [2.75, 3.05) is 6.61 Å². The Balaban J connectivity index is 0.000000461. The minimum absolute atomic E-state index is 0.0845. The standard InChI is InChI=1S/C7H12O2.H2S2/c1-6(8)7-4-2-3-5-9-7;1-2/h7H,2-5H2,1H3;1-2H. The van der Waals surface area contributed by atoms with E-state index in [1.54, 1.807) is 6.92 Å². The molecular weight excluding hydrogens is 180 g/mol. The van der Waals surface area contributed by atoms with E-state index in [4.69, 9.17) is 4.74 Å². The van der Waals surface area contributed by atoms with E-state index in [9.17, 15) is 4.79 Å². The minimum atomic E-state index is -0.0845. The molecule has 0 aromatic rings. The molecule has 1 aliphatic rings. The molecule has 11 heavy (non-hydrogen) atoms. The van der Waals surface area contributed by atoms with Crippen molar-refractivity contribution in [2.45, 2.75) is 32.3 Å². The molecule has 1 rings (SSSR count). The molecule has 0 aromatic heterocycles. The van der Waals surface area contributed by atoms with Crippen molar-refractivity contribution in [1.29, 1.82) is 0 Å². The van der Waals surface area contributed by atoms with E-state index in [-0.39, 0.29) is 11.9 Å². The zero-order valence-electron chi connectivity index (χ0n) is 6.62. The maximum absolute atomic E-state index is 10.7. The number of hydrogen-bond acceptors (Lipinski definition) is 4. The molecular formula is C7H14O2S2. The molecule has 0 radical (unpaired) electrons. The first-order valence-electron chi connectivity index (χ1n) is 3.63. The summed E-state index contributed by atoms with van der Waals surface area (Å²) in [5.74, 6) is 0.176. The van der Waals surface area contributed by atoms with Crippen LogP contribution >= 0.6 is 23.3 Å². The molecule has 0 bridgehead atoms. The third-order valence-electron chi connectivity index (χ3n) is 1.63. The Kier molecular flexibility index (Phi) is 7.22. The van der Waals surface area contributed by atoms with Gasteiger partial charge in [0, 0.05) is 6.61 Å². The third-order valence-corrected chi connectivity index (χ3v) is 1.63. The summed E-state index contributed by atoms with van der Waals surface area (Å²) in [6.45, 7) is 2.36. The SMILES string of the molecule is CC(=O)C1CCCCO1.SS. The van der Waals surface area contributed by atoms with Crippen molar-refractivity contribution >= 4 is 29.1 Å². The number of hydrogen-bond donors (Lipinski definition) is 2. The van der Waals surface area contributed by atoms with Gasteiger partial charge < -0.3 is 4.74 Å². The average Bonchev–Trinajstić information content (AvgIpc) is 2.10. The number of thiol groups is 2. The lowest BCUT2D eigenvalue weighted by Gasteiger charge is -2.19. The maximum Gasteiger partial charge on any atom is 0.158 e. The van der Waals surface area contributed by atoms with E-state index in [1.807, 2.05) is 0 Å². The van der Waals surface area contributed by atoms with Gasteiger partial charge in [0.15, 0.2) is 5.78 Å². The van der Waals surface area contributed by atoms with Gasteiger partial charge in [0.05, 0.1) is 0 Å². The fourth-order valence-corrected chi connectivity index (χ4v) is 1.06. The van der Waals surface area contributed by atoms with Crippen LogP contribution in [0.25, 0.3) is 0 Å². The number of rotatable bonds is 1. The Bertz CT molecular complexity index is 111. The fourth-order valence-electron chi connectivity index (χ4n) is 1.06. The van der Waals surface area contributed by atoms with Gasteiger partial charge in [-0.05, 0) is 26.2 Å². The van der Waals surface area contributed by atoms with Gasteiger partial charge in [0.2, 0.25) is 0 Å². The zero-order chi connectivity index (χ0) is 8.69. The van der Waals surface area contributed by atoms with Crippen LogP contribution in [0.4, 0.5) is 0 Å².